The molecular weight excluding hydrogens is 302 g/mol. The number of nitrogens with one attached hydrogen (secondary N) is 1. The van der Waals surface area contributed by atoms with Gasteiger partial charge < -0.3 is 10.2 Å². The molecule has 0 spiro atoms. The highest BCUT2D eigenvalue weighted by Gasteiger charge is 2.23. The van der Waals surface area contributed by atoms with Gasteiger partial charge in [0.25, 0.3) is 5.91 Å². The Morgan fingerprint density at radius 2 is 1.83 bits per heavy atom. The van der Waals surface area contributed by atoms with Crippen LogP contribution in [-0.2, 0) is 11.2 Å². The number of amides is 2. The van der Waals surface area contributed by atoms with Gasteiger partial charge in [-0.05, 0) is 42.3 Å². The molecule has 0 bridgehead atoms. The molecule has 0 aliphatic carbocycles. The van der Waals surface area contributed by atoms with Gasteiger partial charge in [-0.15, -0.1) is 0 Å². The standard InChI is InChI=1S/C17H14F2N2O2/c1-10(22)21-8-7-11-9-12(5-6-15(11)21)20-17(23)16-13(18)3-2-4-14(16)19/h2-6,9H,7-8H2,1H3,(H,20,23). The highest BCUT2D eigenvalue weighted by Crippen LogP contribution is 2.30. The number of hydrogen-bond donors (Lipinski definition) is 1. The van der Waals surface area contributed by atoms with Gasteiger partial charge in [-0.1, -0.05) is 6.07 Å². The molecule has 0 saturated carbocycles. The number of fused-ring (bicyclic) bond motifs is 1. The molecule has 0 fully saturated rings. The van der Waals surface area contributed by atoms with Crippen LogP contribution in [0.2, 0.25) is 0 Å². The van der Waals surface area contributed by atoms with Crippen LogP contribution in [0.1, 0.15) is 22.8 Å². The molecule has 0 saturated heterocycles. The molecule has 3 rings (SSSR count). The van der Waals surface area contributed by atoms with E-state index in [2.05, 4.69) is 5.32 Å². The molecule has 1 heterocycles. The topological polar surface area (TPSA) is 49.4 Å². The minimum Gasteiger partial charge on any atom is -0.322 e. The second kappa shape index (κ2) is 5.79. The highest BCUT2D eigenvalue weighted by atomic mass is 19.1. The van der Waals surface area contributed by atoms with Crippen LogP contribution in [0.3, 0.4) is 0 Å². The van der Waals surface area contributed by atoms with Gasteiger partial charge >= 0.3 is 0 Å². The van der Waals surface area contributed by atoms with Crippen molar-refractivity contribution in [3.05, 3.63) is 59.2 Å². The summed E-state index contributed by atoms with van der Waals surface area (Å²) in [7, 11) is 0. The fourth-order valence-electron chi connectivity index (χ4n) is 2.71. The molecule has 4 nitrogen and oxygen atoms in total. The maximum atomic E-state index is 13.6. The normalized spacial score (nSPS) is 12.9. The Bertz CT molecular complexity index is 785. The molecule has 0 aromatic heterocycles. The fourth-order valence-corrected chi connectivity index (χ4v) is 2.71. The first-order chi connectivity index (χ1) is 11.0. The van der Waals surface area contributed by atoms with Gasteiger partial charge in [0, 0.05) is 24.8 Å². The lowest BCUT2D eigenvalue weighted by atomic mass is 10.1. The molecule has 0 radical (unpaired) electrons. The van der Waals surface area contributed by atoms with Gasteiger partial charge in [-0.3, -0.25) is 9.59 Å². The van der Waals surface area contributed by atoms with E-state index in [0.717, 1.165) is 23.4 Å². The first-order valence-electron chi connectivity index (χ1n) is 7.14. The summed E-state index contributed by atoms with van der Waals surface area (Å²) in [6.07, 6.45) is 0.673. The summed E-state index contributed by atoms with van der Waals surface area (Å²) in [5.74, 6) is -2.71. The van der Waals surface area contributed by atoms with E-state index in [-0.39, 0.29) is 5.91 Å². The smallest absolute Gasteiger partial charge is 0.261 e. The first kappa shape index (κ1) is 15.1. The molecule has 2 aromatic carbocycles. The van der Waals surface area contributed by atoms with Gasteiger partial charge in [0.1, 0.15) is 17.2 Å². The van der Waals surface area contributed by atoms with E-state index in [4.69, 9.17) is 0 Å². The maximum absolute atomic E-state index is 13.6. The average molecular weight is 316 g/mol. The van der Waals surface area contributed by atoms with Gasteiger partial charge in [0.15, 0.2) is 0 Å². The second-order valence-corrected chi connectivity index (χ2v) is 5.31. The zero-order valence-corrected chi connectivity index (χ0v) is 12.4. The summed E-state index contributed by atoms with van der Waals surface area (Å²) < 4.78 is 27.2. The Morgan fingerprint density at radius 1 is 1.13 bits per heavy atom. The summed E-state index contributed by atoms with van der Waals surface area (Å²) in [6.45, 7) is 2.08. The van der Waals surface area contributed by atoms with Crippen LogP contribution in [0.15, 0.2) is 36.4 Å². The van der Waals surface area contributed by atoms with E-state index in [1.165, 1.54) is 13.0 Å². The molecule has 1 aliphatic rings. The maximum Gasteiger partial charge on any atom is 0.261 e. The van der Waals surface area contributed by atoms with Crippen LogP contribution >= 0.6 is 0 Å². The van der Waals surface area contributed by atoms with Crippen LogP contribution in [0.5, 0.6) is 0 Å². The first-order valence-corrected chi connectivity index (χ1v) is 7.14. The van der Waals surface area contributed by atoms with Gasteiger partial charge in [0.05, 0.1) is 0 Å². The third kappa shape index (κ3) is 2.79. The van der Waals surface area contributed by atoms with Crippen LogP contribution in [0.4, 0.5) is 20.2 Å². The fraction of sp³-hybridized carbons (Fsp3) is 0.176. The van der Waals surface area contributed by atoms with Crippen molar-refractivity contribution in [1.82, 2.24) is 0 Å². The van der Waals surface area contributed by atoms with E-state index in [1.54, 1.807) is 23.1 Å². The minimum absolute atomic E-state index is 0.0473. The Hall–Kier alpha value is -2.76. The van der Waals surface area contributed by atoms with Crippen LogP contribution < -0.4 is 10.2 Å². The van der Waals surface area contributed by atoms with Crippen molar-refractivity contribution in [2.45, 2.75) is 13.3 Å². The number of rotatable bonds is 2. The molecule has 1 aliphatic heterocycles. The lowest BCUT2D eigenvalue weighted by Crippen LogP contribution is -2.25. The van der Waals surface area contributed by atoms with Crippen molar-refractivity contribution in [3.8, 4) is 0 Å². The molecule has 0 atom stereocenters. The van der Waals surface area contributed by atoms with Crippen LogP contribution in [-0.4, -0.2) is 18.4 Å². The lowest BCUT2D eigenvalue weighted by Gasteiger charge is -2.15. The summed E-state index contributed by atoms with van der Waals surface area (Å²) >= 11 is 0. The quantitative estimate of drug-likeness (QED) is 0.925. The number of hydrogen-bond acceptors (Lipinski definition) is 2. The van der Waals surface area contributed by atoms with Crippen LogP contribution in [0.25, 0.3) is 0 Å². The number of carbonyl (C=O) groups is 2. The Kier molecular flexibility index (Phi) is 3.82. The molecule has 118 valence electrons. The lowest BCUT2D eigenvalue weighted by molar-refractivity contribution is -0.116. The number of anilines is 2. The summed E-state index contributed by atoms with van der Waals surface area (Å²) in [5, 5.41) is 2.49. The molecule has 2 amide bonds. The average Bonchev–Trinajstić information content (AvgIpc) is 2.90. The van der Waals surface area contributed by atoms with Crippen molar-refractivity contribution in [3.63, 3.8) is 0 Å². The second-order valence-electron chi connectivity index (χ2n) is 5.31. The Morgan fingerprint density at radius 3 is 2.48 bits per heavy atom. The largest absolute Gasteiger partial charge is 0.322 e. The van der Waals surface area contributed by atoms with Crippen molar-refractivity contribution in [2.24, 2.45) is 0 Å². The number of benzene rings is 2. The number of halogens is 2. The molecule has 6 heteroatoms. The Labute approximate surface area is 131 Å². The van der Waals surface area contributed by atoms with E-state index in [9.17, 15) is 18.4 Å². The molecule has 0 unspecified atom stereocenters. The van der Waals surface area contributed by atoms with Gasteiger partial charge in [-0.2, -0.15) is 0 Å². The molecule has 1 N–H and O–H groups in total. The zero-order valence-electron chi connectivity index (χ0n) is 12.4. The van der Waals surface area contributed by atoms with Crippen molar-refractivity contribution < 1.29 is 18.4 Å². The highest BCUT2D eigenvalue weighted by molar-refractivity contribution is 6.05. The zero-order chi connectivity index (χ0) is 16.6. The van der Waals surface area contributed by atoms with Gasteiger partial charge in [0.2, 0.25) is 5.91 Å². The van der Waals surface area contributed by atoms with Crippen molar-refractivity contribution in [1.29, 1.82) is 0 Å². The van der Waals surface area contributed by atoms with Crippen molar-refractivity contribution >= 4 is 23.2 Å². The molecular formula is C17H14F2N2O2. The monoisotopic (exact) mass is 316 g/mol. The summed E-state index contributed by atoms with van der Waals surface area (Å²) in [5.41, 5.74) is 1.53. The van der Waals surface area contributed by atoms with E-state index in [0.29, 0.717) is 18.7 Å². The number of nitrogens with zero attached hydrogens (tertiary/aromatic N) is 1. The summed E-state index contributed by atoms with van der Waals surface area (Å²) in [6, 6.07) is 8.31. The summed E-state index contributed by atoms with van der Waals surface area (Å²) in [4.78, 5) is 25.2. The predicted octanol–water partition coefficient (Wildman–Crippen LogP) is 3.13. The number of carbonyl (C=O) groups excluding carboxylic acids is 2. The Balaban J connectivity index is 1.85. The van der Waals surface area contributed by atoms with Crippen LogP contribution in [0, 0.1) is 11.6 Å². The third-order valence-corrected chi connectivity index (χ3v) is 3.80. The molecule has 2 aromatic rings. The van der Waals surface area contributed by atoms with E-state index in [1.807, 2.05) is 0 Å². The van der Waals surface area contributed by atoms with E-state index >= 15 is 0 Å². The predicted molar refractivity (Wildman–Crippen MR) is 82.5 cm³/mol. The minimum atomic E-state index is -0.911. The van der Waals surface area contributed by atoms with Crippen molar-refractivity contribution in [2.75, 3.05) is 16.8 Å². The van der Waals surface area contributed by atoms with E-state index < -0.39 is 23.1 Å². The van der Waals surface area contributed by atoms with Gasteiger partial charge in [-0.25, -0.2) is 8.78 Å². The SMILES string of the molecule is CC(=O)N1CCc2cc(NC(=O)c3c(F)cccc3F)ccc21. The molecule has 23 heavy (non-hydrogen) atoms. The third-order valence-electron chi connectivity index (χ3n) is 3.80.